The van der Waals surface area contributed by atoms with E-state index in [1.54, 1.807) is 29.7 Å². The van der Waals surface area contributed by atoms with E-state index in [0.29, 0.717) is 34.6 Å². The van der Waals surface area contributed by atoms with Crippen LogP contribution in [0.4, 0.5) is 0 Å². The van der Waals surface area contributed by atoms with Gasteiger partial charge < -0.3 is 9.64 Å². The lowest BCUT2D eigenvalue weighted by Gasteiger charge is -2.27. The highest BCUT2D eigenvalue weighted by Crippen LogP contribution is 2.28. The van der Waals surface area contributed by atoms with E-state index in [2.05, 4.69) is 0 Å². The van der Waals surface area contributed by atoms with Crippen LogP contribution in [0.5, 0.6) is 5.75 Å². The number of carbonyl (C=O) groups is 1. The summed E-state index contributed by atoms with van der Waals surface area (Å²) in [6.07, 6.45) is 1.21. The summed E-state index contributed by atoms with van der Waals surface area (Å²) >= 11 is 0. The van der Waals surface area contributed by atoms with Crippen molar-refractivity contribution in [2.45, 2.75) is 39.7 Å². The number of hydrogen-bond donors (Lipinski definition) is 0. The average molecular weight is 393 g/mol. The summed E-state index contributed by atoms with van der Waals surface area (Å²) in [5, 5.41) is 0.523. The van der Waals surface area contributed by atoms with Crippen molar-refractivity contribution in [2.75, 3.05) is 14.2 Å². The van der Waals surface area contributed by atoms with Gasteiger partial charge in [-0.15, -0.1) is 0 Å². The molecule has 3 rings (SSSR count). The lowest BCUT2D eigenvalue weighted by Crippen LogP contribution is -2.34. The van der Waals surface area contributed by atoms with E-state index in [-0.39, 0.29) is 11.5 Å². The normalized spacial score (nSPS) is 12.0. The molecule has 1 amide bonds. The Morgan fingerprint density at radius 1 is 1.24 bits per heavy atom. The van der Waals surface area contributed by atoms with Crippen LogP contribution in [0, 0.1) is 6.92 Å². The smallest absolute Gasteiger partial charge is 0.266 e. The standard InChI is InChI=1S/C23H27N3O3/c1-6-9-21(27)25(4)16(3)22-24-18-11-8-7-10-17(18)23(28)26(22)19-14-15(2)12-13-20(19)29-5/h7-8,10-14,16H,6,9H2,1-5H3. The molecule has 0 saturated heterocycles. The van der Waals surface area contributed by atoms with Gasteiger partial charge in [-0.3, -0.25) is 14.2 Å². The Kier molecular flexibility index (Phi) is 6.01. The van der Waals surface area contributed by atoms with Gasteiger partial charge >= 0.3 is 0 Å². The zero-order valence-corrected chi connectivity index (χ0v) is 17.6. The third kappa shape index (κ3) is 3.88. The van der Waals surface area contributed by atoms with Crippen molar-refractivity contribution in [1.82, 2.24) is 14.5 Å². The van der Waals surface area contributed by atoms with E-state index < -0.39 is 6.04 Å². The highest BCUT2D eigenvalue weighted by Gasteiger charge is 2.25. The number of ether oxygens (including phenoxy) is 1. The van der Waals surface area contributed by atoms with Crippen molar-refractivity contribution in [1.29, 1.82) is 0 Å². The fraction of sp³-hybridized carbons (Fsp3) is 0.348. The number of nitrogens with zero attached hydrogens (tertiary/aromatic N) is 3. The summed E-state index contributed by atoms with van der Waals surface area (Å²) in [6, 6.07) is 12.5. The van der Waals surface area contributed by atoms with Gasteiger partial charge in [0.1, 0.15) is 11.6 Å². The van der Waals surface area contributed by atoms with Crippen molar-refractivity contribution < 1.29 is 9.53 Å². The minimum absolute atomic E-state index is 0.0187. The van der Waals surface area contributed by atoms with E-state index in [4.69, 9.17) is 9.72 Å². The molecule has 0 bridgehead atoms. The van der Waals surface area contributed by atoms with Gasteiger partial charge in [0, 0.05) is 13.5 Å². The van der Waals surface area contributed by atoms with Gasteiger partial charge in [-0.2, -0.15) is 0 Å². The largest absolute Gasteiger partial charge is 0.495 e. The van der Waals surface area contributed by atoms with Crippen molar-refractivity contribution in [3.63, 3.8) is 0 Å². The number of amides is 1. The Morgan fingerprint density at radius 3 is 2.66 bits per heavy atom. The van der Waals surface area contributed by atoms with Crippen molar-refractivity contribution in [3.8, 4) is 11.4 Å². The van der Waals surface area contributed by atoms with Crippen molar-refractivity contribution in [2.24, 2.45) is 0 Å². The molecule has 3 aromatic rings. The number of aryl methyl sites for hydroxylation is 1. The number of hydrogen-bond acceptors (Lipinski definition) is 4. The van der Waals surface area contributed by atoms with E-state index >= 15 is 0 Å². The molecule has 0 spiro atoms. The van der Waals surface area contributed by atoms with Gasteiger partial charge in [0.2, 0.25) is 5.91 Å². The first-order chi connectivity index (χ1) is 13.9. The molecule has 29 heavy (non-hydrogen) atoms. The summed E-state index contributed by atoms with van der Waals surface area (Å²) in [5.74, 6) is 1.10. The van der Waals surface area contributed by atoms with Gasteiger partial charge in [-0.05, 0) is 50.1 Å². The predicted octanol–water partition coefficient (Wildman–Crippen LogP) is 4.02. The Hall–Kier alpha value is -3.15. The number of rotatable bonds is 6. The topological polar surface area (TPSA) is 64.4 Å². The van der Waals surface area contributed by atoms with Gasteiger partial charge in [0.15, 0.2) is 0 Å². The third-order valence-corrected chi connectivity index (χ3v) is 5.19. The number of para-hydroxylation sites is 1. The first-order valence-corrected chi connectivity index (χ1v) is 9.81. The highest BCUT2D eigenvalue weighted by molar-refractivity contribution is 5.79. The maximum Gasteiger partial charge on any atom is 0.266 e. The Morgan fingerprint density at radius 2 is 1.97 bits per heavy atom. The molecular weight excluding hydrogens is 366 g/mol. The van der Waals surface area contributed by atoms with Crippen molar-refractivity contribution in [3.05, 3.63) is 64.2 Å². The summed E-state index contributed by atoms with van der Waals surface area (Å²) < 4.78 is 7.11. The van der Waals surface area contributed by atoms with E-state index in [9.17, 15) is 9.59 Å². The van der Waals surface area contributed by atoms with Crippen LogP contribution >= 0.6 is 0 Å². The van der Waals surface area contributed by atoms with Crippen LogP contribution in [0.2, 0.25) is 0 Å². The first-order valence-electron chi connectivity index (χ1n) is 9.81. The Balaban J connectivity index is 2.32. The van der Waals surface area contributed by atoms with E-state index in [0.717, 1.165) is 12.0 Å². The molecule has 1 atom stereocenters. The van der Waals surface area contributed by atoms with E-state index in [1.807, 2.05) is 57.2 Å². The summed E-state index contributed by atoms with van der Waals surface area (Å²) in [4.78, 5) is 32.5. The second kappa shape index (κ2) is 8.47. The lowest BCUT2D eigenvalue weighted by atomic mass is 10.1. The maximum absolute atomic E-state index is 13.5. The van der Waals surface area contributed by atoms with Crippen LogP contribution < -0.4 is 10.3 Å². The molecule has 6 heteroatoms. The number of aromatic nitrogens is 2. The SMILES string of the molecule is CCCC(=O)N(C)C(C)c1nc2ccccc2c(=O)n1-c1cc(C)ccc1OC. The third-order valence-electron chi connectivity index (χ3n) is 5.19. The molecule has 0 radical (unpaired) electrons. The number of benzene rings is 2. The number of fused-ring (bicyclic) bond motifs is 1. The van der Waals surface area contributed by atoms with Crippen LogP contribution in [-0.4, -0.2) is 34.5 Å². The molecular formula is C23H27N3O3. The molecule has 0 aliphatic carbocycles. The molecule has 0 saturated carbocycles. The van der Waals surface area contributed by atoms with Crippen molar-refractivity contribution >= 4 is 16.8 Å². The van der Waals surface area contributed by atoms with Crippen LogP contribution in [0.3, 0.4) is 0 Å². The Labute approximate surface area is 170 Å². The molecule has 1 unspecified atom stereocenters. The van der Waals surface area contributed by atoms with Crippen LogP contribution in [0.15, 0.2) is 47.3 Å². The highest BCUT2D eigenvalue weighted by atomic mass is 16.5. The van der Waals surface area contributed by atoms with Gasteiger partial charge in [-0.25, -0.2) is 4.98 Å². The fourth-order valence-corrected chi connectivity index (χ4v) is 3.42. The first kappa shape index (κ1) is 20.6. The summed E-state index contributed by atoms with van der Waals surface area (Å²) in [5.41, 5.74) is 2.04. The van der Waals surface area contributed by atoms with Crippen LogP contribution in [-0.2, 0) is 4.79 Å². The zero-order valence-electron chi connectivity index (χ0n) is 17.6. The molecule has 1 heterocycles. The van der Waals surface area contributed by atoms with Gasteiger partial charge in [0.05, 0.1) is 29.7 Å². The molecule has 1 aromatic heterocycles. The predicted molar refractivity (Wildman–Crippen MR) is 115 cm³/mol. The second-order valence-corrected chi connectivity index (χ2v) is 7.23. The maximum atomic E-state index is 13.5. The van der Waals surface area contributed by atoms with Crippen LogP contribution in [0.25, 0.3) is 16.6 Å². The second-order valence-electron chi connectivity index (χ2n) is 7.23. The minimum Gasteiger partial charge on any atom is -0.495 e. The Bertz CT molecular complexity index is 1100. The molecule has 0 aliphatic heterocycles. The van der Waals surface area contributed by atoms with E-state index in [1.165, 1.54) is 0 Å². The molecule has 0 fully saturated rings. The minimum atomic E-state index is -0.392. The average Bonchev–Trinajstić information content (AvgIpc) is 2.72. The van der Waals surface area contributed by atoms with Gasteiger partial charge in [-0.1, -0.05) is 25.1 Å². The molecule has 0 aliphatic rings. The molecule has 0 N–H and O–H groups in total. The quantitative estimate of drug-likeness (QED) is 0.634. The lowest BCUT2D eigenvalue weighted by molar-refractivity contribution is -0.132. The zero-order chi connectivity index (χ0) is 21.1. The van der Waals surface area contributed by atoms with Crippen LogP contribution in [0.1, 0.15) is 44.1 Å². The monoisotopic (exact) mass is 393 g/mol. The fourth-order valence-electron chi connectivity index (χ4n) is 3.42. The molecule has 152 valence electrons. The summed E-state index contributed by atoms with van der Waals surface area (Å²) in [7, 11) is 3.33. The summed E-state index contributed by atoms with van der Waals surface area (Å²) in [6.45, 7) is 5.82. The number of carbonyl (C=O) groups excluding carboxylic acids is 1. The molecule has 6 nitrogen and oxygen atoms in total. The molecule has 2 aromatic carbocycles. The number of methoxy groups -OCH3 is 1. The van der Waals surface area contributed by atoms with Gasteiger partial charge in [0.25, 0.3) is 5.56 Å².